The van der Waals surface area contributed by atoms with Gasteiger partial charge in [-0.1, -0.05) is 17.7 Å². The fourth-order valence-corrected chi connectivity index (χ4v) is 3.38. The van der Waals surface area contributed by atoms with E-state index < -0.39 is 5.97 Å². The molecule has 2 aromatic rings. The molecule has 3 rings (SSSR count). The van der Waals surface area contributed by atoms with Gasteiger partial charge >= 0.3 is 5.97 Å². The second-order valence-corrected chi connectivity index (χ2v) is 6.64. The third-order valence-electron chi connectivity index (χ3n) is 4.53. The molecule has 1 aliphatic rings. The van der Waals surface area contributed by atoms with Crippen molar-refractivity contribution in [3.63, 3.8) is 0 Å². The Morgan fingerprint density at radius 2 is 2.30 bits per heavy atom. The van der Waals surface area contributed by atoms with Crippen LogP contribution in [0.1, 0.15) is 28.8 Å². The number of carboxylic acid groups (broad SMARTS) is 1. The molecule has 9 heteroatoms. The van der Waals surface area contributed by atoms with Crippen molar-refractivity contribution in [1.29, 1.82) is 0 Å². The highest BCUT2D eigenvalue weighted by atomic mass is 35.5. The molecule has 0 aliphatic carbocycles. The van der Waals surface area contributed by atoms with E-state index >= 15 is 0 Å². The number of anilines is 2. The summed E-state index contributed by atoms with van der Waals surface area (Å²) in [5, 5.41) is 22.4. The molecule has 8 nitrogen and oxygen atoms in total. The smallest absolute Gasteiger partial charge is 0.341 e. The maximum atomic E-state index is 11.5. The van der Waals surface area contributed by atoms with Gasteiger partial charge in [0.25, 0.3) is 0 Å². The average Bonchev–Trinajstić information content (AvgIpc) is 3.15. The molecule has 0 unspecified atom stereocenters. The Balaban J connectivity index is 1.83. The number of aromatic nitrogens is 2. The third-order valence-corrected chi connectivity index (χ3v) is 4.82. The fourth-order valence-electron chi connectivity index (χ4n) is 3.10. The molecule has 2 heterocycles. The van der Waals surface area contributed by atoms with Crippen LogP contribution in [0, 0.1) is 0 Å². The Morgan fingerprint density at radius 3 is 2.96 bits per heavy atom. The van der Waals surface area contributed by atoms with Crippen LogP contribution in [0.2, 0.25) is 5.02 Å². The number of hydrogen-bond acceptors (Lipinski definition) is 7. The molecular formula is C18H21ClN4O4. The number of hydrogen-bond donors (Lipinski definition) is 3. The highest BCUT2D eigenvalue weighted by Gasteiger charge is 2.27. The third kappa shape index (κ3) is 4.23. The molecule has 1 aliphatic heterocycles. The van der Waals surface area contributed by atoms with Crippen molar-refractivity contribution < 1.29 is 19.7 Å². The number of methoxy groups -OCH3 is 1. The monoisotopic (exact) mass is 392 g/mol. The molecule has 3 N–H and O–H groups in total. The van der Waals surface area contributed by atoms with E-state index in [-0.39, 0.29) is 24.0 Å². The van der Waals surface area contributed by atoms with Crippen molar-refractivity contribution in [2.75, 3.05) is 30.5 Å². The average molecular weight is 393 g/mol. The van der Waals surface area contributed by atoms with Gasteiger partial charge in [0.05, 0.1) is 24.8 Å². The zero-order chi connectivity index (χ0) is 19.4. The van der Waals surface area contributed by atoms with Gasteiger partial charge in [-0.05, 0) is 30.5 Å². The van der Waals surface area contributed by atoms with Gasteiger partial charge < -0.3 is 25.2 Å². The summed E-state index contributed by atoms with van der Waals surface area (Å²) in [6.07, 6.45) is 3.08. The van der Waals surface area contributed by atoms with E-state index in [9.17, 15) is 15.0 Å². The molecule has 0 bridgehead atoms. The lowest BCUT2D eigenvalue weighted by Crippen LogP contribution is -2.33. The first-order chi connectivity index (χ1) is 13.0. The number of aliphatic hydroxyl groups is 1. The highest BCUT2D eigenvalue weighted by Crippen LogP contribution is 2.27. The van der Waals surface area contributed by atoms with Crippen molar-refractivity contribution in [1.82, 2.24) is 9.97 Å². The number of ether oxygens (including phenoxy) is 1. The highest BCUT2D eigenvalue weighted by molar-refractivity contribution is 6.32. The van der Waals surface area contributed by atoms with Gasteiger partial charge in [0.15, 0.2) is 0 Å². The first-order valence-electron chi connectivity index (χ1n) is 8.57. The first-order valence-corrected chi connectivity index (χ1v) is 8.95. The molecule has 1 fully saturated rings. The maximum Gasteiger partial charge on any atom is 0.341 e. The van der Waals surface area contributed by atoms with Crippen molar-refractivity contribution >= 4 is 29.3 Å². The molecule has 0 amide bonds. The van der Waals surface area contributed by atoms with E-state index in [4.69, 9.17) is 16.3 Å². The number of nitrogens with one attached hydrogen (secondary N) is 1. The number of carbonyl (C=O) groups is 1. The van der Waals surface area contributed by atoms with Crippen LogP contribution in [0.25, 0.3) is 0 Å². The second-order valence-electron chi connectivity index (χ2n) is 6.23. The summed E-state index contributed by atoms with van der Waals surface area (Å²) in [4.78, 5) is 22.0. The van der Waals surface area contributed by atoms with Gasteiger partial charge in [0, 0.05) is 19.3 Å². The first kappa shape index (κ1) is 19.2. The number of aliphatic hydroxyl groups excluding tert-OH is 1. The largest absolute Gasteiger partial charge is 0.495 e. The quantitative estimate of drug-likeness (QED) is 0.659. The van der Waals surface area contributed by atoms with Gasteiger partial charge in [-0.3, -0.25) is 0 Å². The van der Waals surface area contributed by atoms with E-state index in [1.54, 1.807) is 19.2 Å². The molecule has 144 valence electrons. The van der Waals surface area contributed by atoms with Crippen LogP contribution in [-0.4, -0.2) is 52.5 Å². The number of carboxylic acids is 1. The summed E-state index contributed by atoms with van der Waals surface area (Å²) in [6.45, 7) is 1.08. The van der Waals surface area contributed by atoms with Gasteiger partial charge in [0.2, 0.25) is 5.95 Å². The minimum atomic E-state index is -1.11. The summed E-state index contributed by atoms with van der Waals surface area (Å²) in [7, 11) is 1.54. The molecule has 0 radical (unpaired) electrons. The van der Waals surface area contributed by atoms with E-state index in [1.165, 1.54) is 6.20 Å². The molecule has 1 aromatic carbocycles. The molecule has 0 spiro atoms. The summed E-state index contributed by atoms with van der Waals surface area (Å²) in [6, 6.07) is 5.29. The number of rotatable bonds is 7. The number of halogens is 1. The second kappa shape index (κ2) is 8.41. The Labute approximate surface area is 161 Å². The molecule has 1 aromatic heterocycles. The number of benzene rings is 1. The van der Waals surface area contributed by atoms with Crippen molar-refractivity contribution in [3.8, 4) is 5.75 Å². The van der Waals surface area contributed by atoms with Gasteiger partial charge in [-0.15, -0.1) is 0 Å². The van der Waals surface area contributed by atoms with E-state index in [2.05, 4.69) is 15.3 Å². The number of nitrogens with zero attached hydrogens (tertiary/aromatic N) is 3. The SMILES string of the molecule is COc1ccc(CNc2nc(N3CCC[C@H]3CO)ncc2C(=O)O)cc1Cl. The summed E-state index contributed by atoms with van der Waals surface area (Å²) >= 11 is 6.13. The number of aromatic carboxylic acids is 1. The lowest BCUT2D eigenvalue weighted by atomic mass is 10.2. The zero-order valence-electron chi connectivity index (χ0n) is 14.9. The van der Waals surface area contributed by atoms with Crippen LogP contribution in [0.5, 0.6) is 5.75 Å². The maximum absolute atomic E-state index is 11.5. The predicted octanol–water partition coefficient (Wildman–Crippen LogP) is 2.41. The molecule has 0 saturated carbocycles. The van der Waals surface area contributed by atoms with E-state index in [1.807, 2.05) is 11.0 Å². The molecule has 27 heavy (non-hydrogen) atoms. The Morgan fingerprint density at radius 1 is 1.48 bits per heavy atom. The molecule has 1 saturated heterocycles. The Kier molecular flexibility index (Phi) is 5.98. The van der Waals surface area contributed by atoms with E-state index in [0.717, 1.165) is 24.9 Å². The van der Waals surface area contributed by atoms with Gasteiger partial charge in [-0.2, -0.15) is 4.98 Å². The molecular weight excluding hydrogens is 372 g/mol. The van der Waals surface area contributed by atoms with Crippen LogP contribution in [-0.2, 0) is 6.54 Å². The van der Waals surface area contributed by atoms with Crippen molar-refractivity contribution in [2.24, 2.45) is 0 Å². The summed E-state index contributed by atoms with van der Waals surface area (Å²) in [5.74, 6) is 0.0897. The van der Waals surface area contributed by atoms with Crippen LogP contribution >= 0.6 is 11.6 Å². The lowest BCUT2D eigenvalue weighted by molar-refractivity contribution is 0.0697. The minimum absolute atomic E-state index is 0.0111. The minimum Gasteiger partial charge on any atom is -0.495 e. The van der Waals surface area contributed by atoms with Crippen molar-refractivity contribution in [3.05, 3.63) is 40.5 Å². The summed E-state index contributed by atoms with van der Waals surface area (Å²) in [5.41, 5.74) is 0.838. The van der Waals surface area contributed by atoms with Crippen LogP contribution < -0.4 is 15.0 Å². The fraction of sp³-hybridized carbons (Fsp3) is 0.389. The summed E-state index contributed by atoms with van der Waals surface area (Å²) < 4.78 is 5.13. The van der Waals surface area contributed by atoms with Crippen LogP contribution in [0.3, 0.4) is 0 Å². The topological polar surface area (TPSA) is 108 Å². The van der Waals surface area contributed by atoms with E-state index in [0.29, 0.717) is 23.3 Å². The van der Waals surface area contributed by atoms with Crippen molar-refractivity contribution in [2.45, 2.75) is 25.4 Å². The molecule has 1 atom stereocenters. The standard InChI is InChI=1S/C18H21ClN4O4/c1-27-15-5-4-11(7-14(15)19)8-20-16-13(17(25)26)9-21-18(22-16)23-6-2-3-12(23)10-24/h4-5,7,9,12,24H,2-3,6,8,10H2,1H3,(H,25,26)(H,20,21,22)/t12-/m0/s1. The van der Waals surface area contributed by atoms with Gasteiger partial charge in [-0.25, -0.2) is 9.78 Å². The van der Waals surface area contributed by atoms with Gasteiger partial charge in [0.1, 0.15) is 17.1 Å². The normalized spacial score (nSPS) is 16.4. The Hall–Kier alpha value is -2.58. The lowest BCUT2D eigenvalue weighted by Gasteiger charge is -2.23. The predicted molar refractivity (Wildman–Crippen MR) is 102 cm³/mol. The Bertz CT molecular complexity index is 833. The zero-order valence-corrected chi connectivity index (χ0v) is 15.6. The van der Waals surface area contributed by atoms with Crippen LogP contribution in [0.4, 0.5) is 11.8 Å². The van der Waals surface area contributed by atoms with Crippen LogP contribution in [0.15, 0.2) is 24.4 Å².